The number of carboxylic acids is 1. The molecule has 3 heteroatoms. The van der Waals surface area contributed by atoms with Gasteiger partial charge in [0.25, 0.3) is 0 Å². The predicted octanol–water partition coefficient (Wildman–Crippen LogP) is 3.91. The van der Waals surface area contributed by atoms with E-state index in [9.17, 15) is 9.90 Å². The molecular formula is C17H13NO2. The summed E-state index contributed by atoms with van der Waals surface area (Å²) in [6, 6.07) is 15.2. The van der Waals surface area contributed by atoms with Gasteiger partial charge in [-0.25, -0.2) is 4.79 Å². The van der Waals surface area contributed by atoms with Gasteiger partial charge in [0.15, 0.2) is 0 Å². The van der Waals surface area contributed by atoms with E-state index in [0.29, 0.717) is 5.56 Å². The standard InChI is InChI=1S/C17H13NO2/c1-11-13(7-3-8-14(11)17(19)20)15-9-2-5-12-6-4-10-18-16(12)15/h2-10H,1H3,(H,19,20). The molecule has 3 aromatic rings. The van der Waals surface area contributed by atoms with Crippen molar-refractivity contribution in [2.75, 3.05) is 0 Å². The van der Waals surface area contributed by atoms with Gasteiger partial charge >= 0.3 is 5.97 Å². The van der Waals surface area contributed by atoms with Crippen LogP contribution in [0.15, 0.2) is 54.7 Å². The van der Waals surface area contributed by atoms with Gasteiger partial charge in [0.1, 0.15) is 0 Å². The zero-order valence-electron chi connectivity index (χ0n) is 11.0. The average Bonchev–Trinajstić information content (AvgIpc) is 2.47. The van der Waals surface area contributed by atoms with Gasteiger partial charge in [-0.1, -0.05) is 36.4 Å². The number of aromatic nitrogens is 1. The zero-order chi connectivity index (χ0) is 14.1. The quantitative estimate of drug-likeness (QED) is 0.762. The highest BCUT2D eigenvalue weighted by Crippen LogP contribution is 2.30. The highest BCUT2D eigenvalue weighted by Gasteiger charge is 2.13. The second-order valence-corrected chi connectivity index (χ2v) is 4.66. The smallest absolute Gasteiger partial charge is 0.335 e. The Morgan fingerprint density at radius 3 is 2.50 bits per heavy atom. The summed E-state index contributed by atoms with van der Waals surface area (Å²) in [4.78, 5) is 15.7. The van der Waals surface area contributed by atoms with E-state index in [-0.39, 0.29) is 0 Å². The van der Waals surface area contributed by atoms with Crippen molar-refractivity contribution in [1.82, 2.24) is 4.98 Å². The highest BCUT2D eigenvalue weighted by molar-refractivity contribution is 5.97. The number of nitrogens with zero attached hydrogens (tertiary/aromatic N) is 1. The molecule has 0 amide bonds. The Bertz CT molecular complexity index is 804. The minimum absolute atomic E-state index is 0.329. The maximum atomic E-state index is 11.3. The number of benzene rings is 2. The van der Waals surface area contributed by atoms with Crippen LogP contribution in [0.2, 0.25) is 0 Å². The van der Waals surface area contributed by atoms with Gasteiger partial charge in [0, 0.05) is 17.1 Å². The number of hydrogen-bond acceptors (Lipinski definition) is 2. The normalized spacial score (nSPS) is 10.7. The maximum absolute atomic E-state index is 11.3. The fourth-order valence-electron chi connectivity index (χ4n) is 2.48. The van der Waals surface area contributed by atoms with Crippen LogP contribution in [-0.2, 0) is 0 Å². The van der Waals surface area contributed by atoms with E-state index in [1.807, 2.05) is 43.3 Å². The van der Waals surface area contributed by atoms with Crippen molar-refractivity contribution >= 4 is 16.9 Å². The maximum Gasteiger partial charge on any atom is 0.335 e. The molecule has 0 bridgehead atoms. The molecule has 0 saturated heterocycles. The second-order valence-electron chi connectivity index (χ2n) is 4.66. The Morgan fingerprint density at radius 1 is 1.00 bits per heavy atom. The molecular weight excluding hydrogens is 250 g/mol. The summed E-state index contributed by atoms with van der Waals surface area (Å²) in [6.45, 7) is 1.83. The van der Waals surface area contributed by atoms with Crippen LogP contribution in [-0.4, -0.2) is 16.1 Å². The van der Waals surface area contributed by atoms with E-state index in [1.165, 1.54) is 0 Å². The van der Waals surface area contributed by atoms with Crippen LogP contribution >= 0.6 is 0 Å². The first-order valence-corrected chi connectivity index (χ1v) is 6.35. The van der Waals surface area contributed by atoms with E-state index >= 15 is 0 Å². The van der Waals surface area contributed by atoms with Crippen LogP contribution in [0.25, 0.3) is 22.0 Å². The number of fused-ring (bicyclic) bond motifs is 1. The summed E-state index contributed by atoms with van der Waals surface area (Å²) < 4.78 is 0. The lowest BCUT2D eigenvalue weighted by Crippen LogP contribution is -2.01. The van der Waals surface area contributed by atoms with Crippen LogP contribution in [0.4, 0.5) is 0 Å². The Kier molecular flexibility index (Phi) is 2.95. The SMILES string of the molecule is Cc1c(C(=O)O)cccc1-c1cccc2cccnc12. The molecule has 0 aliphatic carbocycles. The van der Waals surface area contributed by atoms with Gasteiger partial charge in [0.2, 0.25) is 0 Å². The molecule has 0 spiro atoms. The van der Waals surface area contributed by atoms with Gasteiger partial charge in [-0.2, -0.15) is 0 Å². The first kappa shape index (κ1) is 12.4. The Balaban J connectivity index is 2.32. The topological polar surface area (TPSA) is 50.2 Å². The van der Waals surface area contributed by atoms with Crippen LogP contribution in [0.1, 0.15) is 15.9 Å². The molecule has 0 aliphatic heterocycles. The van der Waals surface area contributed by atoms with Crippen molar-refractivity contribution in [2.24, 2.45) is 0 Å². The van der Waals surface area contributed by atoms with Gasteiger partial charge in [-0.3, -0.25) is 4.98 Å². The summed E-state index contributed by atoms with van der Waals surface area (Å²) in [5.74, 6) is -0.905. The van der Waals surface area contributed by atoms with Gasteiger partial charge in [-0.05, 0) is 30.2 Å². The molecule has 0 atom stereocenters. The summed E-state index contributed by atoms with van der Waals surface area (Å²) in [5, 5.41) is 10.3. The molecule has 1 N–H and O–H groups in total. The molecule has 1 heterocycles. The molecule has 3 rings (SSSR count). The van der Waals surface area contributed by atoms with Crippen molar-refractivity contribution < 1.29 is 9.90 Å². The minimum atomic E-state index is -0.905. The lowest BCUT2D eigenvalue weighted by atomic mass is 9.95. The van der Waals surface area contributed by atoms with Crippen LogP contribution in [0.5, 0.6) is 0 Å². The lowest BCUT2D eigenvalue weighted by molar-refractivity contribution is 0.0696. The van der Waals surface area contributed by atoms with E-state index in [1.54, 1.807) is 18.3 Å². The zero-order valence-corrected chi connectivity index (χ0v) is 11.0. The van der Waals surface area contributed by atoms with E-state index < -0.39 is 5.97 Å². The van der Waals surface area contributed by atoms with Crippen molar-refractivity contribution in [1.29, 1.82) is 0 Å². The molecule has 2 aromatic carbocycles. The number of carboxylic acid groups (broad SMARTS) is 1. The Labute approximate surface area is 116 Å². The van der Waals surface area contributed by atoms with Gasteiger partial charge in [-0.15, -0.1) is 0 Å². The van der Waals surface area contributed by atoms with Crippen molar-refractivity contribution in [2.45, 2.75) is 6.92 Å². The molecule has 0 radical (unpaired) electrons. The highest BCUT2D eigenvalue weighted by atomic mass is 16.4. The van der Waals surface area contributed by atoms with Crippen LogP contribution in [0.3, 0.4) is 0 Å². The first-order chi connectivity index (χ1) is 9.68. The van der Waals surface area contributed by atoms with Gasteiger partial charge < -0.3 is 5.11 Å². The van der Waals surface area contributed by atoms with Crippen molar-refractivity contribution in [3.8, 4) is 11.1 Å². The lowest BCUT2D eigenvalue weighted by Gasteiger charge is -2.11. The molecule has 0 fully saturated rings. The molecule has 0 saturated carbocycles. The Morgan fingerprint density at radius 2 is 1.70 bits per heavy atom. The van der Waals surface area contributed by atoms with Gasteiger partial charge in [0.05, 0.1) is 11.1 Å². The third kappa shape index (κ3) is 1.93. The van der Waals surface area contributed by atoms with E-state index in [2.05, 4.69) is 4.98 Å². The fraction of sp³-hybridized carbons (Fsp3) is 0.0588. The molecule has 3 nitrogen and oxygen atoms in total. The monoisotopic (exact) mass is 263 g/mol. The molecule has 1 aromatic heterocycles. The van der Waals surface area contributed by atoms with Crippen molar-refractivity contribution in [3.63, 3.8) is 0 Å². The number of aromatic carboxylic acids is 1. The number of para-hydroxylation sites is 1. The average molecular weight is 263 g/mol. The summed E-state index contributed by atoms with van der Waals surface area (Å²) in [6.07, 6.45) is 1.75. The third-order valence-electron chi connectivity index (χ3n) is 3.49. The summed E-state index contributed by atoms with van der Waals surface area (Å²) in [5.41, 5.74) is 3.85. The molecule has 20 heavy (non-hydrogen) atoms. The fourth-order valence-corrected chi connectivity index (χ4v) is 2.48. The third-order valence-corrected chi connectivity index (χ3v) is 3.49. The first-order valence-electron chi connectivity index (χ1n) is 6.35. The van der Waals surface area contributed by atoms with E-state index in [0.717, 1.165) is 27.6 Å². The number of hydrogen-bond donors (Lipinski definition) is 1. The molecule has 0 unspecified atom stereocenters. The van der Waals surface area contributed by atoms with Crippen molar-refractivity contribution in [3.05, 3.63) is 65.9 Å². The second kappa shape index (κ2) is 4.78. The summed E-state index contributed by atoms with van der Waals surface area (Å²) in [7, 11) is 0. The largest absolute Gasteiger partial charge is 0.478 e. The molecule has 0 aliphatic rings. The van der Waals surface area contributed by atoms with Crippen LogP contribution < -0.4 is 0 Å². The number of rotatable bonds is 2. The Hall–Kier alpha value is -2.68. The van der Waals surface area contributed by atoms with Crippen LogP contribution in [0, 0.1) is 6.92 Å². The minimum Gasteiger partial charge on any atom is -0.478 e. The van der Waals surface area contributed by atoms with E-state index in [4.69, 9.17) is 0 Å². The number of carbonyl (C=O) groups is 1. The number of pyridine rings is 1. The summed E-state index contributed by atoms with van der Waals surface area (Å²) >= 11 is 0. The molecule has 98 valence electrons. The predicted molar refractivity (Wildman–Crippen MR) is 78.9 cm³/mol.